The highest BCUT2D eigenvalue weighted by Crippen LogP contribution is 2.29. The van der Waals surface area contributed by atoms with Crippen LogP contribution in [0.1, 0.15) is 77.0 Å². The van der Waals surface area contributed by atoms with E-state index in [0.717, 1.165) is 64.2 Å². The van der Waals surface area contributed by atoms with E-state index in [0.29, 0.717) is 44.7 Å². The maximum Gasteiger partial charge on any atom is 0.243 e. The van der Waals surface area contributed by atoms with Crippen LogP contribution in [0.2, 0.25) is 0 Å². The zero-order valence-corrected chi connectivity index (χ0v) is 28.1. The van der Waals surface area contributed by atoms with Crippen LogP contribution in [-0.4, -0.2) is 82.8 Å². The summed E-state index contributed by atoms with van der Waals surface area (Å²) in [5.74, 6) is -0.545. The summed E-state index contributed by atoms with van der Waals surface area (Å²) in [6, 6.07) is 10.9. The third-order valence-electron chi connectivity index (χ3n) is 9.01. The van der Waals surface area contributed by atoms with Gasteiger partial charge in [0, 0.05) is 37.9 Å². The molecule has 0 aromatic heterocycles. The van der Waals surface area contributed by atoms with E-state index >= 15 is 0 Å². The van der Waals surface area contributed by atoms with Crippen molar-refractivity contribution in [1.29, 1.82) is 0 Å². The van der Waals surface area contributed by atoms with Crippen molar-refractivity contribution in [3.63, 3.8) is 0 Å². The highest BCUT2D eigenvalue weighted by atomic mass is 32.2. The van der Waals surface area contributed by atoms with Gasteiger partial charge in [-0.05, 0) is 87.1 Å². The quantitative estimate of drug-likeness (QED) is 0.393. The van der Waals surface area contributed by atoms with Crippen molar-refractivity contribution in [3.8, 4) is 0 Å². The molecule has 0 atom stereocenters. The van der Waals surface area contributed by atoms with E-state index in [9.17, 15) is 30.0 Å². The monoisotopic (exact) mass is 680 g/mol. The van der Waals surface area contributed by atoms with Crippen LogP contribution >= 0.6 is 0 Å². The van der Waals surface area contributed by atoms with E-state index in [1.807, 2.05) is 0 Å². The van der Waals surface area contributed by atoms with E-state index < -0.39 is 42.5 Å². The fraction of sp³-hybridized carbons (Fsp3) is 0.581. The molecule has 0 unspecified atom stereocenters. The van der Waals surface area contributed by atoms with Crippen LogP contribution < -0.4 is 5.32 Å². The number of anilines is 1. The minimum Gasteiger partial charge on any atom is -0.325 e. The lowest BCUT2D eigenvalue weighted by Crippen LogP contribution is -2.45. The number of carbonyl (C=O) groups excluding carboxylic acids is 1. The molecule has 1 amide bonds. The van der Waals surface area contributed by atoms with Crippen LogP contribution in [0, 0.1) is 0 Å². The van der Waals surface area contributed by atoms with E-state index in [-0.39, 0.29) is 20.7 Å². The summed E-state index contributed by atoms with van der Waals surface area (Å²) in [5.41, 5.74) is 0.363. The van der Waals surface area contributed by atoms with E-state index in [1.54, 1.807) is 0 Å². The summed E-state index contributed by atoms with van der Waals surface area (Å²) in [4.78, 5) is 13.4. The molecule has 2 aromatic rings. The van der Waals surface area contributed by atoms with Gasteiger partial charge in [-0.2, -0.15) is 12.9 Å². The number of piperidine rings is 1. The average Bonchev–Trinajstić information content (AvgIpc) is 3.35. The molecule has 2 heterocycles. The van der Waals surface area contributed by atoms with Crippen molar-refractivity contribution in [3.05, 3.63) is 48.5 Å². The number of carbonyl (C=O) groups is 1. The molecular weight excluding hydrogens is 637 g/mol. The Kier molecular flexibility index (Phi) is 11.0. The first kappa shape index (κ1) is 34.0. The Hall–Kier alpha value is -2.36. The molecule has 45 heavy (non-hydrogen) atoms. The third kappa shape index (κ3) is 7.96. The SMILES string of the molecule is O=C(CN(C1CCCCC1)S(=O)(=O)c1ccc(S(=O)(=O)N2CCCCCC2)cc1)Nc1ccc(S(=O)(=O)N2CCCCC2)cc1. The molecule has 0 radical (unpaired) electrons. The Morgan fingerprint density at radius 3 is 1.49 bits per heavy atom. The van der Waals surface area contributed by atoms with Crippen molar-refractivity contribution < 1.29 is 30.0 Å². The maximum atomic E-state index is 13.9. The molecule has 0 spiro atoms. The summed E-state index contributed by atoms with van der Waals surface area (Å²) in [5, 5.41) is 2.73. The van der Waals surface area contributed by atoms with Crippen LogP contribution in [0.4, 0.5) is 5.69 Å². The van der Waals surface area contributed by atoms with Crippen molar-refractivity contribution in [2.45, 2.75) is 97.8 Å². The highest BCUT2D eigenvalue weighted by Gasteiger charge is 2.35. The van der Waals surface area contributed by atoms with Gasteiger partial charge in [-0.25, -0.2) is 25.3 Å². The first-order chi connectivity index (χ1) is 21.5. The first-order valence-electron chi connectivity index (χ1n) is 16.0. The number of nitrogens with one attached hydrogen (secondary N) is 1. The molecular formula is C31H44N4O7S3. The minimum atomic E-state index is -4.14. The number of hydrogen-bond donors (Lipinski definition) is 1. The van der Waals surface area contributed by atoms with E-state index in [1.165, 1.54) is 61.4 Å². The van der Waals surface area contributed by atoms with Gasteiger partial charge >= 0.3 is 0 Å². The molecule has 0 bridgehead atoms. The summed E-state index contributed by atoms with van der Waals surface area (Å²) >= 11 is 0. The van der Waals surface area contributed by atoms with Crippen molar-refractivity contribution >= 4 is 41.7 Å². The molecule has 3 fully saturated rings. The predicted octanol–water partition coefficient (Wildman–Crippen LogP) is 4.39. The molecule has 1 saturated carbocycles. The van der Waals surface area contributed by atoms with Gasteiger partial charge in [0.2, 0.25) is 36.0 Å². The van der Waals surface area contributed by atoms with Crippen molar-refractivity contribution in [1.82, 2.24) is 12.9 Å². The number of amides is 1. The van der Waals surface area contributed by atoms with Gasteiger partial charge in [-0.15, -0.1) is 0 Å². The smallest absolute Gasteiger partial charge is 0.243 e. The molecule has 2 aromatic carbocycles. The summed E-state index contributed by atoms with van der Waals surface area (Å²) in [6.07, 6.45) is 10.2. The molecule has 14 heteroatoms. The Bertz CT molecular complexity index is 1630. The van der Waals surface area contributed by atoms with Gasteiger partial charge in [0.1, 0.15) is 0 Å². The average molecular weight is 681 g/mol. The van der Waals surface area contributed by atoms with Gasteiger partial charge in [-0.1, -0.05) is 38.5 Å². The number of rotatable bonds is 10. The number of sulfonamides is 3. The number of benzene rings is 2. The van der Waals surface area contributed by atoms with Crippen LogP contribution in [0.5, 0.6) is 0 Å². The molecule has 5 rings (SSSR count). The van der Waals surface area contributed by atoms with Gasteiger partial charge in [0.25, 0.3) is 0 Å². The standard InChI is InChI=1S/C31H44N4O7S3/c36-31(32-26-13-15-28(16-14-26)43(37,38)34-23-9-4-10-24-34)25-35(27-11-5-3-6-12-27)45(41,42)30-19-17-29(18-20-30)44(39,40)33-21-7-1-2-8-22-33/h13-20,27H,1-12,21-25H2,(H,32,36). The third-order valence-corrected chi connectivity index (χ3v) is 14.7. The zero-order chi connectivity index (χ0) is 32.1. The molecule has 248 valence electrons. The molecule has 3 aliphatic rings. The van der Waals surface area contributed by atoms with Gasteiger partial charge in [0.05, 0.1) is 21.2 Å². The Balaban J connectivity index is 1.31. The second-order valence-corrected chi connectivity index (χ2v) is 17.9. The highest BCUT2D eigenvalue weighted by molar-refractivity contribution is 7.89. The lowest BCUT2D eigenvalue weighted by Gasteiger charge is -2.33. The number of hydrogen-bond acceptors (Lipinski definition) is 7. The minimum absolute atomic E-state index is 0.0519. The second-order valence-electron chi connectivity index (χ2n) is 12.2. The van der Waals surface area contributed by atoms with Crippen LogP contribution in [0.25, 0.3) is 0 Å². The first-order valence-corrected chi connectivity index (χ1v) is 20.3. The van der Waals surface area contributed by atoms with Crippen LogP contribution in [0.15, 0.2) is 63.2 Å². The Labute approximate surface area is 268 Å². The lowest BCUT2D eigenvalue weighted by molar-refractivity contribution is -0.116. The van der Waals surface area contributed by atoms with Crippen molar-refractivity contribution in [2.24, 2.45) is 0 Å². The largest absolute Gasteiger partial charge is 0.325 e. The normalized spacial score (nSPS) is 20.1. The van der Waals surface area contributed by atoms with Crippen LogP contribution in [0.3, 0.4) is 0 Å². The van der Waals surface area contributed by atoms with Crippen LogP contribution in [-0.2, 0) is 34.9 Å². The maximum absolute atomic E-state index is 13.9. The Morgan fingerprint density at radius 1 is 0.600 bits per heavy atom. The lowest BCUT2D eigenvalue weighted by atomic mass is 9.95. The number of nitrogens with zero attached hydrogens (tertiary/aromatic N) is 3. The molecule has 11 nitrogen and oxygen atoms in total. The van der Waals surface area contributed by atoms with E-state index in [2.05, 4.69) is 5.32 Å². The molecule has 1 N–H and O–H groups in total. The fourth-order valence-electron chi connectivity index (χ4n) is 6.44. The van der Waals surface area contributed by atoms with Gasteiger partial charge in [-0.3, -0.25) is 4.79 Å². The Morgan fingerprint density at radius 2 is 1.00 bits per heavy atom. The predicted molar refractivity (Wildman–Crippen MR) is 172 cm³/mol. The summed E-state index contributed by atoms with van der Waals surface area (Å²) in [6.45, 7) is 1.45. The second kappa shape index (κ2) is 14.6. The van der Waals surface area contributed by atoms with Gasteiger partial charge < -0.3 is 5.32 Å². The fourth-order valence-corrected chi connectivity index (χ4v) is 11.1. The molecule has 2 aliphatic heterocycles. The zero-order valence-electron chi connectivity index (χ0n) is 25.6. The van der Waals surface area contributed by atoms with Gasteiger partial charge in [0.15, 0.2) is 0 Å². The molecule has 1 aliphatic carbocycles. The summed E-state index contributed by atoms with van der Waals surface area (Å²) in [7, 11) is -11.5. The van der Waals surface area contributed by atoms with E-state index in [4.69, 9.17) is 0 Å². The van der Waals surface area contributed by atoms with Crippen molar-refractivity contribution in [2.75, 3.05) is 38.0 Å². The molecule has 2 saturated heterocycles. The summed E-state index contributed by atoms with van der Waals surface area (Å²) < 4.78 is 84.5. The topological polar surface area (TPSA) is 141 Å².